The third-order valence-electron chi connectivity index (χ3n) is 11.8. The molecule has 15 heteroatoms. The minimum atomic E-state index is -0.937. The molecule has 4 aromatic rings. The molecular weight excluding hydrogens is 759 g/mol. The van der Waals surface area contributed by atoms with E-state index in [0.29, 0.717) is 43.5 Å². The molecule has 0 saturated heterocycles. The first-order chi connectivity index (χ1) is 28.4. The van der Waals surface area contributed by atoms with E-state index in [4.69, 9.17) is 18.9 Å². The van der Waals surface area contributed by atoms with Crippen LogP contribution in [0.3, 0.4) is 0 Å². The van der Waals surface area contributed by atoms with Crippen molar-refractivity contribution in [2.45, 2.75) is 109 Å². The van der Waals surface area contributed by atoms with Crippen LogP contribution in [0.25, 0.3) is 0 Å². The maximum Gasteiger partial charge on any atom is 0.408 e. The third kappa shape index (κ3) is 8.60. The number of benzene rings is 2. The van der Waals surface area contributed by atoms with E-state index >= 15 is 0 Å². The number of carbonyl (C=O) groups is 3. The fourth-order valence-corrected chi connectivity index (χ4v) is 9.16. The van der Waals surface area contributed by atoms with E-state index in [-0.39, 0.29) is 54.9 Å². The lowest BCUT2D eigenvalue weighted by molar-refractivity contribution is 0.0497. The first-order valence-corrected chi connectivity index (χ1v) is 20.4. The van der Waals surface area contributed by atoms with E-state index in [1.54, 1.807) is 23.0 Å². The number of ether oxygens (including phenoxy) is 4. The molecule has 2 aliphatic heterocycles. The summed E-state index contributed by atoms with van der Waals surface area (Å²) in [5, 5.41) is 13.0. The number of fused-ring (bicyclic) bond motifs is 8. The molecule has 2 aromatic heterocycles. The van der Waals surface area contributed by atoms with Gasteiger partial charge in [-0.05, 0) is 75.3 Å². The van der Waals surface area contributed by atoms with Gasteiger partial charge in [0, 0.05) is 18.5 Å². The van der Waals surface area contributed by atoms with Gasteiger partial charge in [-0.2, -0.15) is 0 Å². The van der Waals surface area contributed by atoms with Crippen LogP contribution in [0.4, 0.5) is 4.79 Å². The molecule has 2 saturated carbocycles. The summed E-state index contributed by atoms with van der Waals surface area (Å²) in [6.45, 7) is 6.98. The summed E-state index contributed by atoms with van der Waals surface area (Å²) in [6, 6.07) is 18.8. The molecular formula is C44H51N5O10. The second-order valence-corrected chi connectivity index (χ2v) is 16.0. The van der Waals surface area contributed by atoms with Crippen molar-refractivity contribution in [3.8, 4) is 11.5 Å². The van der Waals surface area contributed by atoms with Crippen molar-refractivity contribution in [1.29, 1.82) is 0 Å². The smallest absolute Gasteiger partial charge is 0.408 e. The lowest BCUT2D eigenvalue weighted by atomic mass is 9.68. The zero-order valence-corrected chi connectivity index (χ0v) is 33.7. The van der Waals surface area contributed by atoms with Crippen LogP contribution in [0.1, 0.15) is 116 Å². The molecule has 4 atom stereocenters. The summed E-state index contributed by atoms with van der Waals surface area (Å²) in [5.41, 5.74) is -0.835. The lowest BCUT2D eigenvalue weighted by Gasteiger charge is -2.45. The highest BCUT2D eigenvalue weighted by atomic mass is 16.6. The fourth-order valence-electron chi connectivity index (χ4n) is 9.16. The van der Waals surface area contributed by atoms with Gasteiger partial charge in [-0.15, -0.1) is 0 Å². The molecule has 2 aliphatic carbocycles. The topological polar surface area (TPSA) is 190 Å². The summed E-state index contributed by atoms with van der Waals surface area (Å²) in [7, 11) is 0. The molecule has 312 valence electrons. The maximum absolute atomic E-state index is 13.8. The average molecular weight is 810 g/mol. The van der Waals surface area contributed by atoms with E-state index in [0.717, 1.165) is 49.7 Å². The molecule has 2 aromatic carbocycles. The molecule has 2 N–H and O–H groups in total. The van der Waals surface area contributed by atoms with Crippen molar-refractivity contribution in [3.05, 3.63) is 116 Å². The van der Waals surface area contributed by atoms with Crippen LogP contribution >= 0.6 is 0 Å². The van der Waals surface area contributed by atoms with Crippen molar-refractivity contribution in [1.82, 2.24) is 24.4 Å². The summed E-state index contributed by atoms with van der Waals surface area (Å²) >= 11 is 0. The van der Waals surface area contributed by atoms with Gasteiger partial charge in [-0.1, -0.05) is 80.4 Å². The highest BCUT2D eigenvalue weighted by Gasteiger charge is 2.48. The van der Waals surface area contributed by atoms with Crippen molar-refractivity contribution < 1.29 is 38.4 Å². The van der Waals surface area contributed by atoms with Crippen LogP contribution in [-0.2, 0) is 51.5 Å². The number of rotatable bonds is 10. The van der Waals surface area contributed by atoms with Crippen LogP contribution < -0.4 is 21.2 Å². The molecule has 59 heavy (non-hydrogen) atoms. The van der Waals surface area contributed by atoms with Gasteiger partial charge in [0.25, 0.3) is 11.1 Å². The van der Waals surface area contributed by atoms with Gasteiger partial charge in [0.1, 0.15) is 30.4 Å². The summed E-state index contributed by atoms with van der Waals surface area (Å²) < 4.78 is 24.6. The summed E-state index contributed by atoms with van der Waals surface area (Å²) in [6.07, 6.45) is 6.48. The van der Waals surface area contributed by atoms with Crippen molar-refractivity contribution in [2.75, 3.05) is 13.2 Å². The van der Waals surface area contributed by atoms with Gasteiger partial charge in [0.15, 0.2) is 11.4 Å². The third-order valence-corrected chi connectivity index (χ3v) is 11.8. The van der Waals surface area contributed by atoms with Gasteiger partial charge in [-0.25, -0.2) is 24.4 Å². The molecule has 2 fully saturated rings. The van der Waals surface area contributed by atoms with Crippen LogP contribution in [0, 0.1) is 11.8 Å². The van der Waals surface area contributed by atoms with Crippen molar-refractivity contribution >= 4 is 18.0 Å². The molecule has 4 unspecified atom stereocenters. The van der Waals surface area contributed by atoms with E-state index in [9.17, 15) is 29.1 Å². The highest BCUT2D eigenvalue weighted by Crippen LogP contribution is 2.45. The van der Waals surface area contributed by atoms with E-state index in [2.05, 4.69) is 22.2 Å². The van der Waals surface area contributed by atoms with Gasteiger partial charge in [0.2, 0.25) is 11.5 Å². The first kappa shape index (κ1) is 41.2. The monoisotopic (exact) mass is 809 g/mol. The number of nitrogens with zero attached hydrogens (tertiary/aromatic N) is 4. The molecule has 8 rings (SSSR count). The Morgan fingerprint density at radius 3 is 1.95 bits per heavy atom. The number of amides is 1. The van der Waals surface area contributed by atoms with E-state index < -0.39 is 40.4 Å². The quantitative estimate of drug-likeness (QED) is 0.143. The zero-order valence-electron chi connectivity index (χ0n) is 33.7. The minimum Gasteiger partial charge on any atom is -0.501 e. The fraction of sp³-hybridized carbons (Fsp3) is 0.477. The Balaban J connectivity index is 0.000000212. The highest BCUT2D eigenvalue weighted by molar-refractivity contribution is 5.90. The summed E-state index contributed by atoms with van der Waals surface area (Å²) in [5.74, 6) is -0.648. The first-order valence-electron chi connectivity index (χ1n) is 20.4. The van der Waals surface area contributed by atoms with Gasteiger partial charge in [-0.3, -0.25) is 18.7 Å². The largest absolute Gasteiger partial charge is 0.501 e. The number of carbonyl (C=O) groups excluding carboxylic acids is 3. The van der Waals surface area contributed by atoms with Crippen LogP contribution in [0.15, 0.2) is 70.3 Å². The molecule has 0 spiro atoms. The Bertz CT molecular complexity index is 2310. The number of hydrogen-bond acceptors (Lipinski definition) is 12. The number of aromatic nitrogens is 4. The van der Waals surface area contributed by atoms with Crippen LogP contribution in [0.2, 0.25) is 0 Å². The number of nitrogens with one attached hydrogen (secondary N) is 1. The van der Waals surface area contributed by atoms with Crippen molar-refractivity contribution in [2.24, 2.45) is 11.8 Å². The van der Waals surface area contributed by atoms with Gasteiger partial charge < -0.3 is 29.4 Å². The Labute approximate surface area is 341 Å². The maximum atomic E-state index is 13.8. The van der Waals surface area contributed by atoms with E-state index in [1.807, 2.05) is 60.7 Å². The number of hydrogen-bond donors (Lipinski definition) is 2. The predicted molar refractivity (Wildman–Crippen MR) is 214 cm³/mol. The summed E-state index contributed by atoms with van der Waals surface area (Å²) in [4.78, 5) is 72.9. The molecule has 15 nitrogen and oxygen atoms in total. The molecule has 4 heterocycles. The second-order valence-electron chi connectivity index (χ2n) is 16.0. The van der Waals surface area contributed by atoms with Crippen LogP contribution in [-0.4, -0.2) is 55.5 Å². The van der Waals surface area contributed by atoms with Crippen molar-refractivity contribution in [3.63, 3.8) is 0 Å². The zero-order chi connectivity index (χ0) is 41.7. The van der Waals surface area contributed by atoms with Crippen LogP contribution in [0.5, 0.6) is 11.5 Å². The van der Waals surface area contributed by atoms with Gasteiger partial charge >= 0.3 is 18.0 Å². The predicted octanol–water partition coefficient (Wildman–Crippen LogP) is 5.91. The SMILES string of the molecule is CCOC(=O)c1nc2n(c(=O)c1O)CC1CCCC2(C)C1.CCOC(=O)c1nc2n(c(=O)c1OCc1ccccc1)CC1CCCC2(NC(=O)OCc2ccccc2)C1. The molecule has 4 bridgehead atoms. The minimum absolute atomic E-state index is 0.0994. The number of aromatic hydroxyl groups is 1. The Kier molecular flexibility index (Phi) is 12.2. The normalized spacial score (nSPS) is 22.3. The standard InChI is InChI=1S/C29H31N3O6.C15H20N2O4/c1-2-36-26(34)23-24(37-18-20-10-5-3-6-11-20)25(33)32-17-22-14-9-15-29(16-22,27(32)30-23)31-28(35)38-19-21-12-7-4-8-13-21;1-3-21-13(20)10-11(18)12(19)17-8-9-5-4-6-15(2,7-9)14(17)16-10/h3-8,10-13,22H,2,9,14-19H2,1H3,(H,31,35);9,18H,3-8H2,1-2H3. The number of esters is 2. The molecule has 4 aliphatic rings. The van der Waals surface area contributed by atoms with Gasteiger partial charge in [0.05, 0.1) is 13.2 Å². The lowest BCUT2D eigenvalue weighted by Crippen LogP contribution is -2.56. The molecule has 1 amide bonds. The van der Waals surface area contributed by atoms with E-state index in [1.165, 1.54) is 0 Å². The number of alkyl carbamates (subject to hydrolysis) is 1. The average Bonchev–Trinajstić information content (AvgIpc) is 3.22. The Hall–Kier alpha value is -5.99. The Morgan fingerprint density at radius 1 is 0.746 bits per heavy atom. The Morgan fingerprint density at radius 2 is 1.31 bits per heavy atom. The second kappa shape index (κ2) is 17.5. The molecule has 0 radical (unpaired) electrons.